The molecule has 1 aliphatic rings. The first kappa shape index (κ1) is 11.8. The van der Waals surface area contributed by atoms with Crippen LogP contribution < -0.4 is 9.80 Å². The van der Waals surface area contributed by atoms with Crippen LogP contribution in [0.15, 0.2) is 12.4 Å². The maximum Gasteiger partial charge on any atom is 0.152 e. The number of carbonyl (C=O) groups excluding carboxylic acids is 1. The van der Waals surface area contributed by atoms with E-state index in [1.165, 1.54) is 0 Å². The predicted octanol–water partition coefficient (Wildman–Crippen LogP) is 1.10. The molecule has 1 aromatic heterocycles. The van der Waals surface area contributed by atoms with E-state index in [4.69, 9.17) is 0 Å². The topological polar surface area (TPSA) is 49.3 Å². The lowest BCUT2D eigenvalue weighted by molar-refractivity contribution is -0.118. The van der Waals surface area contributed by atoms with E-state index in [2.05, 4.69) is 21.8 Å². The van der Waals surface area contributed by atoms with E-state index in [0.29, 0.717) is 18.7 Å². The summed E-state index contributed by atoms with van der Waals surface area (Å²) in [6.45, 7) is 4.35. The van der Waals surface area contributed by atoms with Crippen LogP contribution in [0, 0.1) is 0 Å². The average Bonchev–Trinajstić information content (AvgIpc) is 2.38. The number of rotatable bonds is 3. The zero-order valence-corrected chi connectivity index (χ0v) is 10.4. The molecule has 1 saturated heterocycles. The summed E-state index contributed by atoms with van der Waals surface area (Å²) in [7, 11) is 1.99. The van der Waals surface area contributed by atoms with Gasteiger partial charge < -0.3 is 9.80 Å². The Balaban J connectivity index is 2.17. The van der Waals surface area contributed by atoms with E-state index in [0.717, 1.165) is 31.1 Å². The Hall–Kier alpha value is -1.65. The maximum atomic E-state index is 11.4. The first-order valence-electron chi connectivity index (χ1n) is 6.00. The van der Waals surface area contributed by atoms with Gasteiger partial charge in [-0.15, -0.1) is 0 Å². The Kier molecular flexibility index (Phi) is 3.56. The normalized spacial score (nSPS) is 16.1. The van der Waals surface area contributed by atoms with Crippen molar-refractivity contribution < 1.29 is 4.79 Å². The summed E-state index contributed by atoms with van der Waals surface area (Å²) in [5, 5.41) is 0. The second kappa shape index (κ2) is 5.12. The quantitative estimate of drug-likeness (QED) is 0.784. The SMILES string of the molecule is CCN(C)c1cc(N2CCCC(=O)C2)ncn1. The van der Waals surface area contributed by atoms with E-state index in [1.807, 2.05) is 18.0 Å². The Bertz CT molecular complexity index is 407. The molecule has 2 heterocycles. The summed E-state index contributed by atoms with van der Waals surface area (Å²) in [4.78, 5) is 24.0. The monoisotopic (exact) mass is 234 g/mol. The Morgan fingerprint density at radius 2 is 2.29 bits per heavy atom. The van der Waals surface area contributed by atoms with Crippen LogP contribution >= 0.6 is 0 Å². The molecule has 0 aliphatic carbocycles. The highest BCUT2D eigenvalue weighted by atomic mass is 16.1. The van der Waals surface area contributed by atoms with Crippen molar-refractivity contribution >= 4 is 17.4 Å². The number of ketones is 1. The summed E-state index contributed by atoms with van der Waals surface area (Å²) in [6.07, 6.45) is 3.18. The minimum absolute atomic E-state index is 0.292. The predicted molar refractivity (Wildman–Crippen MR) is 67.4 cm³/mol. The van der Waals surface area contributed by atoms with E-state index in [1.54, 1.807) is 6.33 Å². The Morgan fingerprint density at radius 1 is 1.47 bits per heavy atom. The lowest BCUT2D eigenvalue weighted by Crippen LogP contribution is -2.36. The molecule has 0 atom stereocenters. The molecule has 0 saturated carbocycles. The van der Waals surface area contributed by atoms with Crippen LogP contribution in [0.2, 0.25) is 0 Å². The van der Waals surface area contributed by atoms with Gasteiger partial charge >= 0.3 is 0 Å². The number of anilines is 2. The molecule has 1 fully saturated rings. The van der Waals surface area contributed by atoms with Crippen LogP contribution in [0.5, 0.6) is 0 Å². The van der Waals surface area contributed by atoms with Gasteiger partial charge in [-0.1, -0.05) is 0 Å². The zero-order valence-electron chi connectivity index (χ0n) is 10.4. The molecular formula is C12H18N4O. The second-order valence-corrected chi connectivity index (χ2v) is 4.31. The Morgan fingerprint density at radius 3 is 3.00 bits per heavy atom. The van der Waals surface area contributed by atoms with E-state index in [9.17, 15) is 4.79 Å². The smallest absolute Gasteiger partial charge is 0.152 e. The molecule has 0 radical (unpaired) electrons. The number of Topliss-reactive ketones (excluding diaryl/α,β-unsaturated/α-hetero) is 1. The van der Waals surface area contributed by atoms with Crippen molar-refractivity contribution in [2.45, 2.75) is 19.8 Å². The number of hydrogen-bond donors (Lipinski definition) is 0. The van der Waals surface area contributed by atoms with Gasteiger partial charge in [0.2, 0.25) is 0 Å². The Labute approximate surface area is 101 Å². The van der Waals surface area contributed by atoms with Crippen LogP contribution in [0.1, 0.15) is 19.8 Å². The average molecular weight is 234 g/mol. The summed E-state index contributed by atoms with van der Waals surface area (Å²) in [5.41, 5.74) is 0. The largest absolute Gasteiger partial charge is 0.360 e. The van der Waals surface area contributed by atoms with Crippen LogP contribution in [0.3, 0.4) is 0 Å². The highest BCUT2D eigenvalue weighted by molar-refractivity contribution is 5.84. The molecule has 0 amide bonds. The molecule has 0 unspecified atom stereocenters. The van der Waals surface area contributed by atoms with Gasteiger partial charge in [-0.05, 0) is 13.3 Å². The fraction of sp³-hybridized carbons (Fsp3) is 0.583. The fourth-order valence-electron chi connectivity index (χ4n) is 1.91. The lowest BCUT2D eigenvalue weighted by atomic mass is 10.1. The van der Waals surface area contributed by atoms with Crippen molar-refractivity contribution in [3.63, 3.8) is 0 Å². The van der Waals surface area contributed by atoms with Crippen molar-refractivity contribution in [1.29, 1.82) is 0 Å². The van der Waals surface area contributed by atoms with Crippen LogP contribution in [-0.2, 0) is 4.79 Å². The van der Waals surface area contributed by atoms with Crippen molar-refractivity contribution in [2.75, 3.05) is 36.5 Å². The third-order valence-corrected chi connectivity index (χ3v) is 3.08. The molecule has 1 aromatic rings. The van der Waals surface area contributed by atoms with E-state index in [-0.39, 0.29) is 0 Å². The number of nitrogens with zero attached hydrogens (tertiary/aromatic N) is 4. The van der Waals surface area contributed by atoms with Gasteiger partial charge in [0.25, 0.3) is 0 Å². The first-order valence-corrected chi connectivity index (χ1v) is 6.00. The fourth-order valence-corrected chi connectivity index (χ4v) is 1.91. The molecular weight excluding hydrogens is 216 g/mol. The molecule has 5 nitrogen and oxygen atoms in total. The van der Waals surface area contributed by atoms with Crippen molar-refractivity contribution in [1.82, 2.24) is 9.97 Å². The van der Waals surface area contributed by atoms with Gasteiger partial charge in [0.15, 0.2) is 5.78 Å². The van der Waals surface area contributed by atoms with Crippen molar-refractivity contribution in [3.05, 3.63) is 12.4 Å². The van der Waals surface area contributed by atoms with Crippen LogP contribution in [-0.4, -0.2) is 42.4 Å². The summed E-state index contributed by atoms with van der Waals surface area (Å²) in [5.74, 6) is 2.04. The van der Waals surface area contributed by atoms with Gasteiger partial charge in [-0.3, -0.25) is 4.79 Å². The highest BCUT2D eigenvalue weighted by Crippen LogP contribution is 2.19. The lowest BCUT2D eigenvalue weighted by Gasteiger charge is -2.27. The zero-order chi connectivity index (χ0) is 12.3. The molecule has 0 N–H and O–H groups in total. The van der Waals surface area contributed by atoms with Gasteiger partial charge in [0, 0.05) is 32.6 Å². The van der Waals surface area contributed by atoms with Gasteiger partial charge in [0.05, 0.1) is 6.54 Å². The summed E-state index contributed by atoms with van der Waals surface area (Å²) < 4.78 is 0. The van der Waals surface area contributed by atoms with E-state index < -0.39 is 0 Å². The van der Waals surface area contributed by atoms with Crippen LogP contribution in [0.4, 0.5) is 11.6 Å². The minimum atomic E-state index is 0.292. The standard InChI is InChI=1S/C12H18N4O/c1-3-15(2)11-7-12(14-9-13-11)16-6-4-5-10(17)8-16/h7,9H,3-6,8H2,1-2H3. The summed E-state index contributed by atoms with van der Waals surface area (Å²) >= 11 is 0. The van der Waals surface area contributed by atoms with Gasteiger partial charge in [-0.2, -0.15) is 0 Å². The first-order chi connectivity index (χ1) is 8.20. The molecule has 1 aliphatic heterocycles. The molecule has 0 spiro atoms. The number of carbonyl (C=O) groups is 1. The molecule has 92 valence electrons. The van der Waals surface area contributed by atoms with Crippen LogP contribution in [0.25, 0.3) is 0 Å². The maximum absolute atomic E-state index is 11.4. The molecule has 2 rings (SSSR count). The number of piperidine rings is 1. The number of hydrogen-bond acceptors (Lipinski definition) is 5. The van der Waals surface area contributed by atoms with Crippen molar-refractivity contribution in [3.8, 4) is 0 Å². The van der Waals surface area contributed by atoms with Crippen molar-refractivity contribution in [2.24, 2.45) is 0 Å². The molecule has 0 aromatic carbocycles. The third-order valence-electron chi connectivity index (χ3n) is 3.08. The molecule has 0 bridgehead atoms. The van der Waals surface area contributed by atoms with Gasteiger partial charge in [-0.25, -0.2) is 9.97 Å². The molecule has 17 heavy (non-hydrogen) atoms. The van der Waals surface area contributed by atoms with E-state index >= 15 is 0 Å². The minimum Gasteiger partial charge on any atom is -0.360 e. The third kappa shape index (κ3) is 2.72. The second-order valence-electron chi connectivity index (χ2n) is 4.31. The number of aromatic nitrogens is 2. The molecule has 5 heteroatoms. The summed E-state index contributed by atoms with van der Waals surface area (Å²) in [6, 6.07) is 1.95. The highest BCUT2D eigenvalue weighted by Gasteiger charge is 2.18. The van der Waals surface area contributed by atoms with Gasteiger partial charge in [0.1, 0.15) is 18.0 Å².